The van der Waals surface area contributed by atoms with Gasteiger partial charge in [0.25, 0.3) is 5.78 Å². The number of thioether (sulfide) groups is 1. The van der Waals surface area contributed by atoms with Crippen LogP contribution in [0.5, 0.6) is 0 Å². The topological polar surface area (TPSA) is 63.4 Å². The third kappa shape index (κ3) is 3.55. The highest BCUT2D eigenvalue weighted by Gasteiger charge is 2.29. The molecule has 2 aromatic heterocycles. The summed E-state index contributed by atoms with van der Waals surface area (Å²) in [6.45, 7) is 12.0. The zero-order chi connectivity index (χ0) is 17.4. The molecule has 0 saturated carbocycles. The highest BCUT2D eigenvalue weighted by atomic mass is 32.2. The number of likely N-dealkylation sites (tertiary alicyclic amines) is 1. The quantitative estimate of drug-likeness (QED) is 0.799. The Morgan fingerprint density at radius 3 is 2.58 bits per heavy atom. The lowest BCUT2D eigenvalue weighted by Crippen LogP contribution is -2.45. The van der Waals surface area contributed by atoms with Gasteiger partial charge in [-0.05, 0) is 45.1 Å². The first kappa shape index (κ1) is 17.2. The lowest BCUT2D eigenvalue weighted by molar-refractivity contribution is -0.132. The van der Waals surface area contributed by atoms with Crippen molar-refractivity contribution in [1.29, 1.82) is 0 Å². The van der Waals surface area contributed by atoms with E-state index in [1.807, 2.05) is 31.7 Å². The first-order chi connectivity index (χ1) is 11.3. The van der Waals surface area contributed by atoms with Gasteiger partial charge in [0.1, 0.15) is 0 Å². The molecule has 0 aromatic carbocycles. The molecule has 0 N–H and O–H groups in total. The number of carbonyl (C=O) groups excluding carboxylic acids is 1. The Hall–Kier alpha value is -1.63. The summed E-state index contributed by atoms with van der Waals surface area (Å²) in [5.41, 5.74) is 1.92. The SMILES string of the molecule is Cc1cc(C)n2nc(SC(C)C(=O)N3CC(C)CC(C)C3)nc2n1. The molecule has 0 spiro atoms. The summed E-state index contributed by atoms with van der Waals surface area (Å²) in [5, 5.41) is 4.90. The number of piperidine rings is 1. The smallest absolute Gasteiger partial charge is 0.253 e. The lowest BCUT2D eigenvalue weighted by atomic mass is 9.92. The highest BCUT2D eigenvalue weighted by molar-refractivity contribution is 8.00. The molecule has 1 amide bonds. The fraction of sp³-hybridized carbons (Fsp3) is 0.647. The van der Waals surface area contributed by atoms with Gasteiger partial charge in [-0.2, -0.15) is 4.98 Å². The third-order valence-electron chi connectivity index (χ3n) is 4.41. The molecule has 130 valence electrons. The number of hydrogen-bond donors (Lipinski definition) is 0. The van der Waals surface area contributed by atoms with E-state index >= 15 is 0 Å². The number of amides is 1. The van der Waals surface area contributed by atoms with Crippen molar-refractivity contribution < 1.29 is 4.79 Å². The second-order valence-electron chi connectivity index (χ2n) is 7.09. The number of aryl methyl sites for hydroxylation is 2. The number of fused-ring (bicyclic) bond motifs is 1. The molecule has 1 aliphatic heterocycles. The van der Waals surface area contributed by atoms with E-state index in [-0.39, 0.29) is 11.2 Å². The van der Waals surface area contributed by atoms with Crippen molar-refractivity contribution in [3.05, 3.63) is 17.5 Å². The Balaban J connectivity index is 1.73. The molecular weight excluding hydrogens is 322 g/mol. The van der Waals surface area contributed by atoms with Crippen molar-refractivity contribution >= 4 is 23.4 Å². The molecule has 1 fully saturated rings. The second-order valence-corrected chi connectivity index (χ2v) is 8.40. The largest absolute Gasteiger partial charge is 0.341 e. The Morgan fingerprint density at radius 1 is 1.25 bits per heavy atom. The molecule has 0 radical (unpaired) electrons. The molecule has 3 rings (SSSR count). The fourth-order valence-electron chi connectivity index (χ4n) is 3.51. The van der Waals surface area contributed by atoms with E-state index in [0.717, 1.165) is 24.5 Å². The van der Waals surface area contributed by atoms with Crippen LogP contribution in [0.4, 0.5) is 0 Å². The molecular formula is C17H25N5OS. The highest BCUT2D eigenvalue weighted by Crippen LogP contribution is 2.26. The van der Waals surface area contributed by atoms with Crippen molar-refractivity contribution in [3.63, 3.8) is 0 Å². The number of aromatic nitrogens is 4. The molecule has 0 bridgehead atoms. The Bertz CT molecular complexity index is 749. The van der Waals surface area contributed by atoms with E-state index in [4.69, 9.17) is 0 Å². The molecule has 7 heteroatoms. The van der Waals surface area contributed by atoms with Gasteiger partial charge in [0.05, 0.1) is 5.25 Å². The number of hydrogen-bond acceptors (Lipinski definition) is 5. The number of carbonyl (C=O) groups is 1. The first-order valence-corrected chi connectivity index (χ1v) is 9.38. The van der Waals surface area contributed by atoms with Gasteiger partial charge in [-0.3, -0.25) is 4.79 Å². The van der Waals surface area contributed by atoms with Gasteiger partial charge < -0.3 is 4.90 Å². The third-order valence-corrected chi connectivity index (χ3v) is 5.35. The monoisotopic (exact) mass is 347 g/mol. The van der Waals surface area contributed by atoms with E-state index in [1.54, 1.807) is 4.52 Å². The minimum Gasteiger partial charge on any atom is -0.341 e. The Morgan fingerprint density at radius 2 is 1.92 bits per heavy atom. The summed E-state index contributed by atoms with van der Waals surface area (Å²) in [6.07, 6.45) is 1.20. The Labute approximate surface area is 147 Å². The number of nitrogens with zero attached hydrogens (tertiary/aromatic N) is 5. The van der Waals surface area contributed by atoms with Crippen LogP contribution in [0.3, 0.4) is 0 Å². The summed E-state index contributed by atoms with van der Waals surface area (Å²) in [5.74, 6) is 1.91. The minimum absolute atomic E-state index is 0.179. The van der Waals surface area contributed by atoms with E-state index in [9.17, 15) is 4.79 Å². The van der Waals surface area contributed by atoms with Crippen molar-refractivity contribution in [2.45, 2.75) is 51.4 Å². The van der Waals surface area contributed by atoms with Crippen molar-refractivity contribution in [2.75, 3.05) is 13.1 Å². The van der Waals surface area contributed by atoms with Crippen LogP contribution in [0.15, 0.2) is 11.2 Å². The summed E-state index contributed by atoms with van der Waals surface area (Å²) in [6, 6.07) is 1.97. The average molecular weight is 347 g/mol. The molecule has 6 nitrogen and oxygen atoms in total. The predicted octanol–water partition coefficient (Wildman–Crippen LogP) is 2.73. The van der Waals surface area contributed by atoms with Gasteiger partial charge in [-0.25, -0.2) is 9.50 Å². The van der Waals surface area contributed by atoms with Crippen LogP contribution in [-0.2, 0) is 4.79 Å². The lowest BCUT2D eigenvalue weighted by Gasteiger charge is -2.36. The summed E-state index contributed by atoms with van der Waals surface area (Å²) in [7, 11) is 0. The van der Waals surface area contributed by atoms with Crippen molar-refractivity contribution in [2.24, 2.45) is 11.8 Å². The fourth-order valence-corrected chi connectivity index (χ4v) is 4.34. The van der Waals surface area contributed by atoms with Gasteiger partial charge in [0, 0.05) is 24.5 Å². The molecule has 2 aromatic rings. The van der Waals surface area contributed by atoms with E-state index in [2.05, 4.69) is 28.9 Å². The molecule has 3 atom stereocenters. The van der Waals surface area contributed by atoms with Crippen molar-refractivity contribution in [3.8, 4) is 0 Å². The maximum atomic E-state index is 12.8. The van der Waals surface area contributed by atoms with Crippen LogP contribution in [-0.4, -0.2) is 48.7 Å². The molecule has 24 heavy (non-hydrogen) atoms. The molecule has 3 unspecified atom stereocenters. The molecule has 1 saturated heterocycles. The van der Waals surface area contributed by atoms with Gasteiger partial charge in [-0.15, -0.1) is 5.10 Å². The molecule has 1 aliphatic rings. The van der Waals surface area contributed by atoms with Crippen LogP contribution in [0, 0.1) is 25.7 Å². The van der Waals surface area contributed by atoms with E-state index < -0.39 is 0 Å². The summed E-state index contributed by atoms with van der Waals surface area (Å²) >= 11 is 1.41. The summed E-state index contributed by atoms with van der Waals surface area (Å²) in [4.78, 5) is 23.6. The van der Waals surface area contributed by atoms with Gasteiger partial charge in [0.2, 0.25) is 11.1 Å². The van der Waals surface area contributed by atoms with E-state index in [0.29, 0.717) is 22.8 Å². The average Bonchev–Trinajstić information content (AvgIpc) is 2.88. The minimum atomic E-state index is -0.193. The van der Waals surface area contributed by atoms with Crippen LogP contribution in [0.1, 0.15) is 38.6 Å². The van der Waals surface area contributed by atoms with E-state index in [1.165, 1.54) is 18.2 Å². The Kier molecular flexibility index (Phi) is 4.80. The molecule has 0 aliphatic carbocycles. The zero-order valence-corrected chi connectivity index (χ0v) is 15.8. The summed E-state index contributed by atoms with van der Waals surface area (Å²) < 4.78 is 1.73. The molecule has 3 heterocycles. The van der Waals surface area contributed by atoms with Crippen LogP contribution < -0.4 is 0 Å². The van der Waals surface area contributed by atoms with Crippen LogP contribution in [0.25, 0.3) is 5.78 Å². The van der Waals surface area contributed by atoms with Crippen LogP contribution in [0.2, 0.25) is 0 Å². The zero-order valence-electron chi connectivity index (χ0n) is 15.0. The van der Waals surface area contributed by atoms with Crippen LogP contribution >= 0.6 is 11.8 Å². The maximum Gasteiger partial charge on any atom is 0.253 e. The normalized spacial score (nSPS) is 22.8. The van der Waals surface area contributed by atoms with Gasteiger partial charge in [0.15, 0.2) is 0 Å². The standard InChI is InChI=1S/C17H25N5OS/c1-10-6-11(2)9-21(8-10)15(23)14(5)24-17-19-16-18-12(3)7-13(4)22(16)20-17/h7,10-11,14H,6,8-9H2,1-5H3. The van der Waals surface area contributed by atoms with Crippen molar-refractivity contribution in [1.82, 2.24) is 24.5 Å². The van der Waals surface area contributed by atoms with Gasteiger partial charge in [-0.1, -0.05) is 25.6 Å². The maximum absolute atomic E-state index is 12.8. The second kappa shape index (κ2) is 6.70. The number of rotatable bonds is 3. The first-order valence-electron chi connectivity index (χ1n) is 8.50. The van der Waals surface area contributed by atoms with Gasteiger partial charge >= 0.3 is 0 Å². The predicted molar refractivity (Wildman–Crippen MR) is 95.1 cm³/mol.